The number of hydrogen-bond donors (Lipinski definition) is 2. The van der Waals surface area contributed by atoms with Gasteiger partial charge in [-0.15, -0.1) is 0 Å². The first-order chi connectivity index (χ1) is 17.0. The number of para-hydroxylation sites is 1. The molecule has 0 spiro atoms. The number of carbonyl (C=O) groups excluding carboxylic acids is 1. The lowest BCUT2D eigenvalue weighted by Gasteiger charge is -2.16. The lowest BCUT2D eigenvalue weighted by molar-refractivity contribution is 0.0964. The minimum atomic E-state index is -0.365. The summed E-state index contributed by atoms with van der Waals surface area (Å²) in [5.41, 5.74) is 4.86. The van der Waals surface area contributed by atoms with Gasteiger partial charge in [0.1, 0.15) is 17.8 Å². The molecule has 1 atom stereocenters. The summed E-state index contributed by atoms with van der Waals surface area (Å²) in [7, 11) is 1.62. The van der Waals surface area contributed by atoms with Crippen LogP contribution in [0.5, 0.6) is 0 Å². The number of amides is 1. The second-order valence-electron chi connectivity index (χ2n) is 8.38. The molecule has 0 aliphatic carbocycles. The Morgan fingerprint density at radius 1 is 1.14 bits per heavy atom. The van der Waals surface area contributed by atoms with E-state index >= 15 is 0 Å². The van der Waals surface area contributed by atoms with Gasteiger partial charge in [-0.3, -0.25) is 14.2 Å². The molecular formula is C26H24FN7O. The average molecular weight is 470 g/mol. The van der Waals surface area contributed by atoms with Crippen LogP contribution in [0.1, 0.15) is 34.5 Å². The molecule has 8 nitrogen and oxygen atoms in total. The summed E-state index contributed by atoms with van der Waals surface area (Å²) >= 11 is 0. The Kier molecular flexibility index (Phi) is 5.82. The van der Waals surface area contributed by atoms with Crippen LogP contribution in [0.15, 0.2) is 61.2 Å². The number of benzene rings is 1. The Morgan fingerprint density at radius 3 is 2.83 bits per heavy atom. The Hall–Kier alpha value is -4.40. The fourth-order valence-corrected chi connectivity index (χ4v) is 4.20. The number of hydrogen-bond acceptors (Lipinski definition) is 6. The number of pyridine rings is 2. The van der Waals surface area contributed by atoms with Crippen molar-refractivity contribution in [3.05, 3.63) is 84.0 Å². The highest BCUT2D eigenvalue weighted by molar-refractivity contribution is 6.06. The number of carbonyl (C=O) groups is 1. The maximum absolute atomic E-state index is 14.1. The fraction of sp³-hybridized carbons (Fsp3) is 0.192. The Balaban J connectivity index is 1.38. The monoisotopic (exact) mass is 469 g/mol. The van der Waals surface area contributed by atoms with Gasteiger partial charge in [0.25, 0.3) is 5.91 Å². The normalized spacial score (nSPS) is 12.1. The van der Waals surface area contributed by atoms with Gasteiger partial charge < -0.3 is 10.6 Å². The van der Waals surface area contributed by atoms with E-state index < -0.39 is 0 Å². The van der Waals surface area contributed by atoms with E-state index in [1.165, 1.54) is 10.7 Å². The number of nitrogens with one attached hydrogen (secondary N) is 2. The topological polar surface area (TPSA) is 97.1 Å². The third kappa shape index (κ3) is 4.16. The van der Waals surface area contributed by atoms with Crippen molar-refractivity contribution in [1.29, 1.82) is 0 Å². The molecule has 5 rings (SSSR count). The highest BCUT2D eigenvalue weighted by Crippen LogP contribution is 2.27. The third-order valence-corrected chi connectivity index (χ3v) is 6.08. The van der Waals surface area contributed by atoms with E-state index in [1.54, 1.807) is 44.6 Å². The van der Waals surface area contributed by atoms with Gasteiger partial charge in [-0.25, -0.2) is 15.0 Å². The van der Waals surface area contributed by atoms with Gasteiger partial charge in [-0.2, -0.15) is 4.39 Å². The van der Waals surface area contributed by atoms with E-state index in [0.717, 1.165) is 22.0 Å². The number of aromatic nitrogens is 5. The molecule has 1 amide bonds. The molecule has 0 unspecified atom stereocenters. The SMILES string of the molecule is CNC(=O)c1ccnc2c([C@@H](C)CNc3cc(-c4ccn5c(F)c(C)nc5c4)ncn3)cccc12. The molecule has 35 heavy (non-hydrogen) atoms. The van der Waals surface area contributed by atoms with E-state index in [9.17, 15) is 9.18 Å². The van der Waals surface area contributed by atoms with Gasteiger partial charge >= 0.3 is 0 Å². The summed E-state index contributed by atoms with van der Waals surface area (Å²) in [6.45, 7) is 4.34. The molecule has 176 valence electrons. The van der Waals surface area contributed by atoms with Crippen LogP contribution in [0.25, 0.3) is 27.8 Å². The zero-order valence-corrected chi connectivity index (χ0v) is 19.6. The number of rotatable bonds is 6. The molecule has 1 aromatic carbocycles. The molecule has 0 saturated carbocycles. The molecule has 9 heteroatoms. The van der Waals surface area contributed by atoms with Gasteiger partial charge in [-0.1, -0.05) is 25.1 Å². The van der Waals surface area contributed by atoms with Crippen LogP contribution in [-0.2, 0) is 0 Å². The Labute approximate surface area is 201 Å². The van der Waals surface area contributed by atoms with Gasteiger partial charge in [-0.05, 0) is 30.7 Å². The van der Waals surface area contributed by atoms with E-state index in [-0.39, 0.29) is 17.8 Å². The van der Waals surface area contributed by atoms with Crippen LogP contribution in [0.2, 0.25) is 0 Å². The summed E-state index contributed by atoms with van der Waals surface area (Å²) in [5.74, 6) is 0.264. The number of fused-ring (bicyclic) bond motifs is 2. The van der Waals surface area contributed by atoms with Crippen LogP contribution in [0.3, 0.4) is 0 Å². The van der Waals surface area contributed by atoms with Gasteiger partial charge in [0.05, 0.1) is 22.5 Å². The van der Waals surface area contributed by atoms with Gasteiger partial charge in [0.2, 0.25) is 5.95 Å². The van der Waals surface area contributed by atoms with Crippen molar-refractivity contribution in [3.8, 4) is 11.3 Å². The van der Waals surface area contributed by atoms with Crippen molar-refractivity contribution in [2.45, 2.75) is 19.8 Å². The molecule has 0 aliphatic heterocycles. The Morgan fingerprint density at radius 2 is 2.00 bits per heavy atom. The molecule has 0 radical (unpaired) electrons. The molecule has 4 aromatic heterocycles. The van der Waals surface area contributed by atoms with Crippen LogP contribution < -0.4 is 10.6 Å². The highest BCUT2D eigenvalue weighted by Gasteiger charge is 2.15. The molecule has 5 aromatic rings. The Bertz CT molecular complexity index is 1560. The molecule has 0 bridgehead atoms. The number of nitrogens with zero attached hydrogens (tertiary/aromatic N) is 5. The van der Waals surface area contributed by atoms with Crippen molar-refractivity contribution < 1.29 is 9.18 Å². The molecule has 4 heterocycles. The highest BCUT2D eigenvalue weighted by atomic mass is 19.1. The number of anilines is 1. The summed E-state index contributed by atoms with van der Waals surface area (Å²) in [5, 5.41) is 6.88. The minimum absolute atomic E-state index is 0.0942. The maximum atomic E-state index is 14.1. The van der Waals surface area contributed by atoms with Crippen LogP contribution in [-0.4, -0.2) is 43.8 Å². The quantitative estimate of drug-likeness (QED) is 0.384. The van der Waals surface area contributed by atoms with Crippen LogP contribution in [0.4, 0.5) is 10.2 Å². The predicted octanol–water partition coefficient (Wildman–Crippen LogP) is 4.36. The summed E-state index contributed by atoms with van der Waals surface area (Å²) in [6, 6.07) is 13.1. The molecular weight excluding hydrogens is 445 g/mol. The minimum Gasteiger partial charge on any atom is -0.369 e. The summed E-state index contributed by atoms with van der Waals surface area (Å²) in [4.78, 5) is 29.8. The zero-order valence-electron chi connectivity index (χ0n) is 19.6. The third-order valence-electron chi connectivity index (χ3n) is 6.08. The summed E-state index contributed by atoms with van der Waals surface area (Å²) in [6.07, 6.45) is 4.81. The van der Waals surface area contributed by atoms with E-state index in [2.05, 4.69) is 37.5 Å². The fourth-order valence-electron chi connectivity index (χ4n) is 4.20. The molecule has 0 fully saturated rings. The zero-order chi connectivity index (χ0) is 24.5. The first-order valence-corrected chi connectivity index (χ1v) is 11.3. The lowest BCUT2D eigenvalue weighted by atomic mass is 9.96. The average Bonchev–Trinajstić information content (AvgIpc) is 3.18. The van der Waals surface area contributed by atoms with Gasteiger partial charge in [0, 0.05) is 48.9 Å². The van der Waals surface area contributed by atoms with Crippen LogP contribution in [0, 0.1) is 12.9 Å². The smallest absolute Gasteiger partial charge is 0.251 e. The van der Waals surface area contributed by atoms with E-state index in [4.69, 9.17) is 0 Å². The van der Waals surface area contributed by atoms with Crippen molar-refractivity contribution in [2.24, 2.45) is 0 Å². The number of halogens is 1. The van der Waals surface area contributed by atoms with Crippen molar-refractivity contribution in [3.63, 3.8) is 0 Å². The lowest BCUT2D eigenvalue weighted by Crippen LogP contribution is -2.18. The van der Waals surface area contributed by atoms with E-state index in [0.29, 0.717) is 35.0 Å². The largest absolute Gasteiger partial charge is 0.369 e. The first kappa shape index (κ1) is 22.4. The standard InChI is InChI=1S/C26H24FN7O/c1-15(18-5-4-6-19-20(26(35)28-3)7-9-29-24(18)19)13-30-22-12-21(31-14-32-22)17-8-10-34-23(11-17)33-16(2)25(34)27/h4-12,14-15H,13H2,1-3H3,(H,28,35)(H,30,31,32)/t15-/m0/s1. The number of imidazole rings is 1. The molecule has 2 N–H and O–H groups in total. The second-order valence-corrected chi connectivity index (χ2v) is 8.38. The van der Waals surface area contributed by atoms with Crippen LogP contribution >= 0.6 is 0 Å². The second kappa shape index (κ2) is 9.09. The first-order valence-electron chi connectivity index (χ1n) is 11.3. The number of aryl methyl sites for hydroxylation is 1. The predicted molar refractivity (Wildman–Crippen MR) is 133 cm³/mol. The summed E-state index contributed by atoms with van der Waals surface area (Å²) < 4.78 is 15.5. The van der Waals surface area contributed by atoms with E-state index in [1.807, 2.05) is 24.3 Å². The van der Waals surface area contributed by atoms with Gasteiger partial charge in [0.15, 0.2) is 0 Å². The molecule has 0 aliphatic rings. The van der Waals surface area contributed by atoms with Crippen molar-refractivity contribution in [2.75, 3.05) is 18.9 Å². The van der Waals surface area contributed by atoms with Crippen molar-refractivity contribution in [1.82, 2.24) is 29.7 Å². The van der Waals surface area contributed by atoms with Crippen molar-refractivity contribution >= 4 is 28.3 Å². The molecule has 0 saturated heterocycles. The maximum Gasteiger partial charge on any atom is 0.251 e.